The van der Waals surface area contributed by atoms with Gasteiger partial charge in [-0.1, -0.05) is 24.3 Å². The van der Waals surface area contributed by atoms with Gasteiger partial charge in [0.2, 0.25) is 11.9 Å². The molecule has 5 rings (SSSR count). The molecule has 0 aliphatic carbocycles. The van der Waals surface area contributed by atoms with Gasteiger partial charge in [-0.25, -0.2) is 22.6 Å². The number of carbonyl (C=O) groups is 2. The Morgan fingerprint density at radius 2 is 1.67 bits per heavy atom. The van der Waals surface area contributed by atoms with Crippen molar-refractivity contribution in [2.75, 3.05) is 17.7 Å². The summed E-state index contributed by atoms with van der Waals surface area (Å²) in [5, 5.41) is 10.5. The molecule has 3 aromatic carbocycles. The van der Waals surface area contributed by atoms with Crippen molar-refractivity contribution in [1.29, 1.82) is 0 Å². The second-order valence-corrected chi connectivity index (χ2v) is 13.4. The number of aromatic nitrogens is 3. The van der Waals surface area contributed by atoms with Gasteiger partial charge in [0.15, 0.2) is 5.65 Å². The van der Waals surface area contributed by atoms with Gasteiger partial charge in [-0.05, 0) is 92.4 Å². The van der Waals surface area contributed by atoms with E-state index < -0.39 is 21.4 Å². The summed E-state index contributed by atoms with van der Waals surface area (Å²) in [5.41, 5.74) is 3.47. The second-order valence-electron chi connectivity index (χ2n) is 11.4. The van der Waals surface area contributed by atoms with Gasteiger partial charge in [-0.15, -0.1) is 5.10 Å². The van der Waals surface area contributed by atoms with E-state index in [1.807, 2.05) is 30.5 Å². The van der Waals surface area contributed by atoms with Crippen LogP contribution in [0.2, 0.25) is 0 Å². The van der Waals surface area contributed by atoms with E-state index in [4.69, 9.17) is 9.47 Å². The lowest BCUT2D eigenvalue weighted by Crippen LogP contribution is -2.36. The molecule has 13 heteroatoms. The van der Waals surface area contributed by atoms with Crippen molar-refractivity contribution in [3.8, 4) is 16.9 Å². The van der Waals surface area contributed by atoms with Crippen LogP contribution in [0.4, 0.5) is 26.5 Å². The molecule has 0 bridgehead atoms. The van der Waals surface area contributed by atoms with E-state index in [2.05, 4.69) is 31.3 Å². The lowest BCUT2D eigenvalue weighted by molar-refractivity contribution is -0.115. The van der Waals surface area contributed by atoms with E-state index in [1.54, 1.807) is 61.7 Å². The van der Waals surface area contributed by atoms with Crippen molar-refractivity contribution in [2.24, 2.45) is 0 Å². The number of pyridine rings is 1. The minimum Gasteiger partial charge on any atom is -0.495 e. The highest BCUT2D eigenvalue weighted by molar-refractivity contribution is 7.99. The molecule has 0 saturated heterocycles. The van der Waals surface area contributed by atoms with Crippen LogP contribution >= 0.6 is 0 Å². The number of carbonyl (C=O) groups excluding carboxylic acids is 2. The molecule has 2 amide bonds. The van der Waals surface area contributed by atoms with E-state index in [-0.39, 0.29) is 23.0 Å². The summed E-state index contributed by atoms with van der Waals surface area (Å²) >= 11 is 0. The predicted molar refractivity (Wildman–Crippen MR) is 176 cm³/mol. The molecule has 0 saturated carbocycles. The van der Waals surface area contributed by atoms with Crippen LogP contribution in [0.1, 0.15) is 26.3 Å². The van der Waals surface area contributed by atoms with Crippen LogP contribution in [-0.2, 0) is 25.7 Å². The smallest absolute Gasteiger partial charge is 0.419 e. The van der Waals surface area contributed by atoms with Gasteiger partial charge in [0.05, 0.1) is 33.8 Å². The van der Waals surface area contributed by atoms with Crippen LogP contribution in [0.5, 0.6) is 5.75 Å². The minimum atomic E-state index is -3.23. The van der Waals surface area contributed by atoms with Crippen LogP contribution in [0, 0.1) is 5.82 Å². The van der Waals surface area contributed by atoms with Crippen LogP contribution in [0.3, 0.4) is 0 Å². The molecule has 0 radical (unpaired) electrons. The quantitative estimate of drug-likeness (QED) is 0.167. The summed E-state index contributed by atoms with van der Waals surface area (Å²) < 4.78 is 41.0. The highest BCUT2D eigenvalue weighted by Gasteiger charge is 2.21. The Balaban J connectivity index is 1.26. The zero-order valence-corrected chi connectivity index (χ0v) is 26.5. The first-order chi connectivity index (χ1) is 21.8. The maximum Gasteiger partial charge on any atom is 0.419 e. The molecule has 3 N–H and O–H groups in total. The number of rotatable bonds is 9. The van der Waals surface area contributed by atoms with Crippen molar-refractivity contribution >= 4 is 50.5 Å². The van der Waals surface area contributed by atoms with Gasteiger partial charge >= 0.3 is 6.09 Å². The number of amides is 2. The number of hydrogen-bond donors (Lipinski definition) is 3. The molecule has 11 nitrogen and oxygen atoms in total. The van der Waals surface area contributed by atoms with E-state index in [0.29, 0.717) is 28.7 Å². The second kappa shape index (κ2) is 12.9. The van der Waals surface area contributed by atoms with Crippen LogP contribution in [0.15, 0.2) is 90.0 Å². The highest BCUT2D eigenvalue weighted by atomic mass is 32.2. The summed E-state index contributed by atoms with van der Waals surface area (Å²) in [5.74, 6) is 3.77. The lowest BCUT2D eigenvalue weighted by Gasteiger charge is -2.21. The van der Waals surface area contributed by atoms with E-state index in [9.17, 15) is 18.2 Å². The third kappa shape index (κ3) is 7.99. The number of benzene rings is 3. The number of anilines is 3. The first kappa shape index (κ1) is 32.0. The number of nitrogens with one attached hydrogen (secondary N) is 3. The molecule has 5 aromatic rings. The van der Waals surface area contributed by atoms with Gasteiger partial charge in [0.25, 0.3) is 0 Å². The van der Waals surface area contributed by atoms with Gasteiger partial charge in [0, 0.05) is 17.4 Å². The summed E-state index contributed by atoms with van der Waals surface area (Å²) in [4.78, 5) is 29.4. The maximum atomic E-state index is 13.2. The normalized spacial score (nSPS) is 12.6. The van der Waals surface area contributed by atoms with E-state index in [1.165, 1.54) is 25.3 Å². The fourth-order valence-corrected chi connectivity index (χ4v) is 5.45. The zero-order chi connectivity index (χ0) is 33.1. The van der Waals surface area contributed by atoms with E-state index in [0.717, 1.165) is 16.7 Å². The van der Waals surface area contributed by atoms with Crippen molar-refractivity contribution in [2.45, 2.75) is 37.7 Å². The number of halogens is 1. The molecule has 0 aliphatic heterocycles. The predicted octanol–water partition coefficient (Wildman–Crippen LogP) is 5.98. The standard InChI is InChI=1S/C33H33FN6O5S/c1-33(2,3)45-32(42)39-46(5,43)26-15-16-27(28(19-26)44-4)36-31-37-29-17-10-23(20-40(29)38-31)22-8-13-25(14-9-22)35-30(41)18-21-6-11-24(34)12-7-21/h6-17,19-20H,5,18H2,1-4H3,(H,35,41)(H,36,38)(H,39,42,43). The van der Waals surface area contributed by atoms with Crippen molar-refractivity contribution in [1.82, 2.24) is 19.3 Å². The maximum absolute atomic E-state index is 13.2. The van der Waals surface area contributed by atoms with Crippen LogP contribution in [0.25, 0.3) is 16.8 Å². The van der Waals surface area contributed by atoms with Crippen molar-refractivity contribution in [3.05, 3.63) is 96.4 Å². The summed E-state index contributed by atoms with van der Waals surface area (Å²) in [6, 6.07) is 21.6. The number of fused-ring (bicyclic) bond motifs is 1. The number of hydrogen-bond acceptors (Lipinski definition) is 8. The largest absolute Gasteiger partial charge is 0.495 e. The highest BCUT2D eigenvalue weighted by Crippen LogP contribution is 2.30. The number of methoxy groups -OCH3 is 1. The third-order valence-corrected chi connectivity index (χ3v) is 8.07. The van der Waals surface area contributed by atoms with Crippen LogP contribution < -0.4 is 20.1 Å². The molecule has 0 aliphatic rings. The Morgan fingerprint density at radius 1 is 0.978 bits per heavy atom. The van der Waals surface area contributed by atoms with Gasteiger partial charge < -0.3 is 20.1 Å². The molecule has 2 aromatic heterocycles. The summed E-state index contributed by atoms with van der Waals surface area (Å²) in [6.45, 7) is 5.11. The number of nitrogens with zero attached hydrogens (tertiary/aromatic N) is 3. The average Bonchev–Trinajstić information content (AvgIpc) is 3.39. The fourth-order valence-electron chi connectivity index (χ4n) is 4.44. The first-order valence-corrected chi connectivity index (χ1v) is 15.8. The molecule has 46 heavy (non-hydrogen) atoms. The van der Waals surface area contributed by atoms with Gasteiger partial charge in [-0.3, -0.25) is 4.79 Å². The van der Waals surface area contributed by atoms with Crippen molar-refractivity contribution < 1.29 is 27.7 Å². The molecule has 0 fully saturated rings. The van der Waals surface area contributed by atoms with E-state index >= 15 is 0 Å². The zero-order valence-electron chi connectivity index (χ0n) is 25.7. The molecule has 1 unspecified atom stereocenters. The molecule has 0 spiro atoms. The summed E-state index contributed by atoms with van der Waals surface area (Å²) in [7, 11) is -1.77. The third-order valence-electron chi connectivity index (χ3n) is 6.56. The molecular formula is C33H33FN6O5S. The molecular weight excluding hydrogens is 611 g/mol. The Labute approximate surface area is 265 Å². The van der Waals surface area contributed by atoms with Gasteiger partial charge in [-0.2, -0.15) is 4.98 Å². The Morgan fingerprint density at radius 3 is 2.35 bits per heavy atom. The fraction of sp³-hybridized carbons (Fsp3) is 0.182. The van der Waals surface area contributed by atoms with Crippen molar-refractivity contribution in [3.63, 3.8) is 0 Å². The average molecular weight is 645 g/mol. The minimum absolute atomic E-state index is 0.138. The lowest BCUT2D eigenvalue weighted by atomic mass is 10.1. The Bertz CT molecular complexity index is 2000. The topological polar surface area (TPSA) is 136 Å². The molecule has 238 valence electrons. The van der Waals surface area contributed by atoms with Gasteiger partial charge in [0.1, 0.15) is 17.2 Å². The first-order valence-electron chi connectivity index (χ1n) is 14.1. The monoisotopic (exact) mass is 644 g/mol. The number of ether oxygens (including phenoxy) is 2. The molecule has 2 heterocycles. The Kier molecular flexibility index (Phi) is 8.96. The Hall–Kier alpha value is -5.43. The SMILES string of the molecule is C=S(=O)(NC(=O)OC(C)(C)C)c1ccc(Nc2nc3ccc(-c4ccc(NC(=O)Cc5ccc(F)cc5)cc4)cn3n2)c(OC)c1. The summed E-state index contributed by atoms with van der Waals surface area (Å²) in [6.07, 6.45) is 1.12. The van der Waals surface area contributed by atoms with Crippen LogP contribution in [-0.4, -0.2) is 49.4 Å². The molecule has 1 atom stereocenters.